The number of fused-ring (bicyclic) bond motifs is 1. The number of aromatic amines is 1. The second-order valence-electron chi connectivity index (χ2n) is 5.78. The van der Waals surface area contributed by atoms with Crippen molar-refractivity contribution < 1.29 is 13.5 Å². The minimum atomic E-state index is -1.00. The zero-order valence-electron chi connectivity index (χ0n) is 13.3. The van der Waals surface area contributed by atoms with Gasteiger partial charge in [-0.3, -0.25) is 5.10 Å². The van der Waals surface area contributed by atoms with Crippen molar-refractivity contribution >= 4 is 0 Å². The van der Waals surface area contributed by atoms with Crippen LogP contribution in [0.3, 0.4) is 0 Å². The van der Waals surface area contributed by atoms with E-state index in [1.807, 2.05) is 36.4 Å². The van der Waals surface area contributed by atoms with Gasteiger partial charge in [-0.25, -0.2) is 8.78 Å². The van der Waals surface area contributed by atoms with E-state index in [0.29, 0.717) is 16.8 Å². The molecule has 4 rings (SSSR count). The summed E-state index contributed by atoms with van der Waals surface area (Å²) in [7, 11) is 0. The van der Waals surface area contributed by atoms with Gasteiger partial charge in [-0.05, 0) is 23.3 Å². The van der Waals surface area contributed by atoms with Crippen LogP contribution in [0.2, 0.25) is 0 Å². The predicted octanol–water partition coefficient (Wildman–Crippen LogP) is 3.57. The lowest BCUT2D eigenvalue weighted by Crippen LogP contribution is -2.21. The van der Waals surface area contributed by atoms with Crippen molar-refractivity contribution in [3.05, 3.63) is 82.7 Å². The Bertz CT molecular complexity index is 1070. The number of halogens is 2. The first-order valence-electron chi connectivity index (χ1n) is 7.76. The summed E-state index contributed by atoms with van der Waals surface area (Å²) in [5.41, 5.74) is 8.34. The number of nitriles is 1. The van der Waals surface area contributed by atoms with Gasteiger partial charge in [0.2, 0.25) is 11.8 Å². The SMILES string of the molecule is N#CC1=C(N)Oc2n[nH]c(-c3ccccc3)c2[C@H]1c1ccc(F)c(F)c1. The summed E-state index contributed by atoms with van der Waals surface area (Å²) >= 11 is 0. The average Bonchev–Trinajstić information content (AvgIpc) is 3.07. The van der Waals surface area contributed by atoms with E-state index >= 15 is 0 Å². The quantitative estimate of drug-likeness (QED) is 0.739. The molecule has 2 aromatic carbocycles. The van der Waals surface area contributed by atoms with Crippen molar-refractivity contribution in [2.45, 2.75) is 5.92 Å². The van der Waals surface area contributed by atoms with Gasteiger partial charge in [-0.1, -0.05) is 36.4 Å². The van der Waals surface area contributed by atoms with Crippen LogP contribution in [0, 0.1) is 23.0 Å². The van der Waals surface area contributed by atoms with Gasteiger partial charge in [0.05, 0.1) is 17.2 Å². The van der Waals surface area contributed by atoms with Crippen molar-refractivity contribution in [1.29, 1.82) is 5.26 Å². The molecule has 128 valence electrons. The predicted molar refractivity (Wildman–Crippen MR) is 89.7 cm³/mol. The summed E-state index contributed by atoms with van der Waals surface area (Å²) in [6, 6.07) is 14.8. The number of rotatable bonds is 2. The maximum Gasteiger partial charge on any atom is 0.244 e. The fourth-order valence-electron chi connectivity index (χ4n) is 3.10. The number of allylic oxidation sites excluding steroid dienone is 1. The molecule has 26 heavy (non-hydrogen) atoms. The van der Waals surface area contributed by atoms with E-state index < -0.39 is 17.6 Å². The average molecular weight is 350 g/mol. The number of aromatic nitrogens is 2. The number of ether oxygens (including phenoxy) is 1. The monoisotopic (exact) mass is 350 g/mol. The summed E-state index contributed by atoms with van der Waals surface area (Å²) in [6.07, 6.45) is 0. The summed E-state index contributed by atoms with van der Waals surface area (Å²) < 4.78 is 32.7. The van der Waals surface area contributed by atoms with E-state index in [1.54, 1.807) is 0 Å². The lowest BCUT2D eigenvalue weighted by atomic mass is 9.83. The summed E-state index contributed by atoms with van der Waals surface area (Å²) in [4.78, 5) is 0. The molecule has 1 atom stereocenters. The molecule has 1 aliphatic rings. The van der Waals surface area contributed by atoms with Crippen molar-refractivity contribution in [2.24, 2.45) is 5.73 Å². The van der Waals surface area contributed by atoms with Gasteiger partial charge in [0.25, 0.3) is 0 Å². The van der Waals surface area contributed by atoms with E-state index in [0.717, 1.165) is 17.7 Å². The smallest absolute Gasteiger partial charge is 0.244 e. The van der Waals surface area contributed by atoms with Gasteiger partial charge in [0.15, 0.2) is 11.6 Å². The maximum absolute atomic E-state index is 13.8. The Morgan fingerprint density at radius 2 is 1.88 bits per heavy atom. The Labute approximate surface area is 147 Å². The summed E-state index contributed by atoms with van der Waals surface area (Å²) in [6.45, 7) is 0. The summed E-state index contributed by atoms with van der Waals surface area (Å²) in [5, 5.41) is 16.6. The molecule has 0 unspecified atom stereocenters. The van der Waals surface area contributed by atoms with E-state index in [2.05, 4.69) is 10.2 Å². The lowest BCUT2D eigenvalue weighted by Gasteiger charge is -2.24. The van der Waals surface area contributed by atoms with E-state index in [-0.39, 0.29) is 17.3 Å². The third-order valence-electron chi connectivity index (χ3n) is 4.28. The van der Waals surface area contributed by atoms with Gasteiger partial charge in [0, 0.05) is 0 Å². The van der Waals surface area contributed by atoms with E-state index in [1.165, 1.54) is 6.07 Å². The number of hydrogen-bond acceptors (Lipinski definition) is 4. The molecule has 3 aromatic rings. The number of benzene rings is 2. The number of nitrogens with two attached hydrogens (primary N) is 1. The Morgan fingerprint density at radius 3 is 2.58 bits per heavy atom. The Kier molecular flexibility index (Phi) is 3.66. The van der Waals surface area contributed by atoms with Crippen LogP contribution in [0.4, 0.5) is 8.78 Å². The van der Waals surface area contributed by atoms with Gasteiger partial charge in [0.1, 0.15) is 11.6 Å². The zero-order valence-corrected chi connectivity index (χ0v) is 13.3. The fraction of sp³-hybridized carbons (Fsp3) is 0.0526. The molecule has 0 amide bonds. The highest BCUT2D eigenvalue weighted by Crippen LogP contribution is 2.45. The molecule has 0 fully saturated rings. The molecule has 1 aromatic heterocycles. The van der Waals surface area contributed by atoms with Crippen LogP contribution < -0.4 is 10.5 Å². The highest BCUT2D eigenvalue weighted by Gasteiger charge is 2.35. The number of hydrogen-bond donors (Lipinski definition) is 2. The zero-order chi connectivity index (χ0) is 18.3. The minimum Gasteiger partial charge on any atom is -0.420 e. The molecule has 7 heteroatoms. The van der Waals surface area contributed by atoms with Crippen molar-refractivity contribution in [3.8, 4) is 23.2 Å². The largest absolute Gasteiger partial charge is 0.420 e. The number of nitrogens with one attached hydrogen (secondary N) is 1. The van der Waals surface area contributed by atoms with Crippen LogP contribution >= 0.6 is 0 Å². The van der Waals surface area contributed by atoms with Gasteiger partial charge in [-0.15, -0.1) is 5.10 Å². The third kappa shape index (κ3) is 2.40. The lowest BCUT2D eigenvalue weighted by molar-refractivity contribution is 0.378. The van der Waals surface area contributed by atoms with Crippen LogP contribution in [0.1, 0.15) is 17.0 Å². The highest BCUT2D eigenvalue weighted by atomic mass is 19.2. The van der Waals surface area contributed by atoms with Gasteiger partial charge < -0.3 is 10.5 Å². The Hall–Kier alpha value is -3.66. The van der Waals surface area contributed by atoms with Crippen LogP contribution in [-0.4, -0.2) is 10.2 Å². The first-order valence-corrected chi connectivity index (χ1v) is 7.76. The molecule has 0 bridgehead atoms. The number of nitrogens with zero attached hydrogens (tertiary/aromatic N) is 2. The molecule has 0 saturated carbocycles. The van der Waals surface area contributed by atoms with E-state index in [4.69, 9.17) is 10.5 Å². The molecule has 2 heterocycles. The van der Waals surface area contributed by atoms with Crippen LogP contribution in [0.15, 0.2) is 60.0 Å². The second-order valence-corrected chi connectivity index (χ2v) is 5.78. The van der Waals surface area contributed by atoms with Gasteiger partial charge in [-0.2, -0.15) is 5.26 Å². The molecule has 0 spiro atoms. The van der Waals surface area contributed by atoms with Crippen molar-refractivity contribution in [2.75, 3.05) is 0 Å². The first kappa shape index (κ1) is 15.8. The van der Waals surface area contributed by atoms with Crippen LogP contribution in [0.5, 0.6) is 5.88 Å². The minimum absolute atomic E-state index is 0.110. The Morgan fingerprint density at radius 1 is 1.12 bits per heavy atom. The fourth-order valence-corrected chi connectivity index (χ4v) is 3.10. The van der Waals surface area contributed by atoms with Crippen LogP contribution in [0.25, 0.3) is 11.3 Å². The number of H-pyrrole nitrogens is 1. The normalized spacial score (nSPS) is 16.0. The molecule has 0 saturated heterocycles. The van der Waals surface area contributed by atoms with Gasteiger partial charge >= 0.3 is 0 Å². The van der Waals surface area contributed by atoms with Crippen LogP contribution in [-0.2, 0) is 0 Å². The molecular weight excluding hydrogens is 338 g/mol. The molecule has 0 aliphatic carbocycles. The van der Waals surface area contributed by atoms with Crippen molar-refractivity contribution in [1.82, 2.24) is 10.2 Å². The maximum atomic E-state index is 13.8. The molecule has 1 aliphatic heterocycles. The molecule has 0 radical (unpaired) electrons. The molecule has 3 N–H and O–H groups in total. The second kappa shape index (κ2) is 6.01. The standard InChI is InChI=1S/C19H12F2N4O/c20-13-7-6-11(8-14(13)21)15-12(9-22)18(23)26-19-16(15)17(24-25-19)10-4-2-1-3-5-10/h1-8,15H,23H2,(H,24,25)/t15-/m0/s1. The third-order valence-corrected chi connectivity index (χ3v) is 4.28. The summed E-state index contributed by atoms with van der Waals surface area (Å²) in [5.74, 6) is -2.60. The topological polar surface area (TPSA) is 87.7 Å². The Balaban J connectivity index is 1.97. The van der Waals surface area contributed by atoms with E-state index in [9.17, 15) is 14.0 Å². The first-order chi connectivity index (χ1) is 12.6. The molecular formula is C19H12F2N4O. The highest BCUT2D eigenvalue weighted by molar-refractivity contribution is 5.70. The molecule has 5 nitrogen and oxygen atoms in total. The van der Waals surface area contributed by atoms with Crippen molar-refractivity contribution in [3.63, 3.8) is 0 Å².